The van der Waals surface area contributed by atoms with Crippen LogP contribution in [0, 0.1) is 0 Å². The molecular formula is C15H13Cl2NO. The van der Waals surface area contributed by atoms with Gasteiger partial charge in [0.25, 0.3) is 0 Å². The van der Waals surface area contributed by atoms with E-state index in [2.05, 4.69) is 0 Å². The topological polar surface area (TPSA) is 35.2 Å². The number of fused-ring (bicyclic) bond motifs is 1. The first-order chi connectivity index (χ1) is 9.15. The molecular weight excluding hydrogens is 281 g/mol. The molecule has 1 aliphatic heterocycles. The number of rotatable bonds is 1. The summed E-state index contributed by atoms with van der Waals surface area (Å²) >= 11 is 12.0. The lowest BCUT2D eigenvalue weighted by Crippen LogP contribution is -2.24. The lowest BCUT2D eigenvalue weighted by molar-refractivity contribution is 0.161. The number of nitrogens with two attached hydrogens (primary N) is 1. The largest absolute Gasteiger partial charge is 0.485 e. The van der Waals surface area contributed by atoms with Crippen LogP contribution in [-0.4, -0.2) is 0 Å². The van der Waals surface area contributed by atoms with Crippen molar-refractivity contribution in [1.29, 1.82) is 0 Å². The molecule has 4 heteroatoms. The van der Waals surface area contributed by atoms with Crippen molar-refractivity contribution < 1.29 is 4.74 Å². The van der Waals surface area contributed by atoms with E-state index in [1.807, 2.05) is 36.4 Å². The molecule has 0 unspecified atom stereocenters. The fourth-order valence-electron chi connectivity index (χ4n) is 2.37. The van der Waals surface area contributed by atoms with E-state index in [-0.39, 0.29) is 12.1 Å². The molecule has 0 saturated carbocycles. The highest BCUT2D eigenvalue weighted by Crippen LogP contribution is 2.40. The maximum Gasteiger partial charge on any atom is 0.126 e. The normalized spacial score (nSPS) is 21.6. The Morgan fingerprint density at radius 1 is 1.05 bits per heavy atom. The van der Waals surface area contributed by atoms with Crippen LogP contribution in [0.3, 0.4) is 0 Å². The minimum atomic E-state index is -0.0836. The fraction of sp³-hybridized carbons (Fsp3) is 0.200. The number of hydrogen-bond donors (Lipinski definition) is 1. The Morgan fingerprint density at radius 2 is 1.84 bits per heavy atom. The highest BCUT2D eigenvalue weighted by molar-refractivity contribution is 6.42. The van der Waals surface area contributed by atoms with Crippen molar-refractivity contribution >= 4 is 23.2 Å². The van der Waals surface area contributed by atoms with Crippen molar-refractivity contribution in [1.82, 2.24) is 0 Å². The molecule has 0 amide bonds. The number of halogens is 2. The van der Waals surface area contributed by atoms with Gasteiger partial charge in [0.2, 0.25) is 0 Å². The van der Waals surface area contributed by atoms with E-state index >= 15 is 0 Å². The van der Waals surface area contributed by atoms with Gasteiger partial charge in [-0.2, -0.15) is 0 Å². The maximum absolute atomic E-state index is 6.20. The van der Waals surface area contributed by atoms with Crippen LogP contribution >= 0.6 is 23.2 Å². The van der Waals surface area contributed by atoms with Gasteiger partial charge in [0.1, 0.15) is 11.9 Å². The van der Waals surface area contributed by atoms with Gasteiger partial charge in [-0.15, -0.1) is 0 Å². The monoisotopic (exact) mass is 293 g/mol. The van der Waals surface area contributed by atoms with Gasteiger partial charge in [0.15, 0.2) is 0 Å². The summed E-state index contributed by atoms with van der Waals surface area (Å²) in [6, 6.07) is 13.4. The standard InChI is InChI=1S/C15H13Cl2NO/c16-11-6-5-9(7-12(11)17)15-8-13(18)10-3-1-2-4-14(10)19-15/h1-7,13,15H,8,18H2/t13-,15-/m0/s1. The van der Waals surface area contributed by atoms with Crippen molar-refractivity contribution in [3.05, 3.63) is 63.6 Å². The van der Waals surface area contributed by atoms with E-state index < -0.39 is 0 Å². The second kappa shape index (κ2) is 5.04. The smallest absolute Gasteiger partial charge is 0.126 e. The average Bonchev–Trinajstić information content (AvgIpc) is 2.42. The Morgan fingerprint density at radius 3 is 2.63 bits per heavy atom. The zero-order valence-corrected chi connectivity index (χ0v) is 11.7. The van der Waals surface area contributed by atoms with Crippen LogP contribution in [0.2, 0.25) is 10.0 Å². The number of hydrogen-bond acceptors (Lipinski definition) is 2. The second-order valence-corrected chi connectivity index (χ2v) is 5.47. The van der Waals surface area contributed by atoms with Crippen molar-refractivity contribution in [2.45, 2.75) is 18.6 Å². The van der Waals surface area contributed by atoms with Crippen LogP contribution in [0.15, 0.2) is 42.5 Å². The zero-order valence-electron chi connectivity index (χ0n) is 10.1. The second-order valence-electron chi connectivity index (χ2n) is 4.66. The van der Waals surface area contributed by atoms with Crippen LogP contribution in [-0.2, 0) is 0 Å². The van der Waals surface area contributed by atoms with E-state index in [0.717, 1.165) is 23.3 Å². The zero-order chi connectivity index (χ0) is 13.4. The predicted molar refractivity (Wildman–Crippen MR) is 77.8 cm³/mol. The first-order valence-electron chi connectivity index (χ1n) is 6.11. The van der Waals surface area contributed by atoms with E-state index in [1.54, 1.807) is 6.07 Å². The van der Waals surface area contributed by atoms with Gasteiger partial charge >= 0.3 is 0 Å². The Hall–Kier alpha value is -1.22. The first-order valence-corrected chi connectivity index (χ1v) is 6.87. The summed E-state index contributed by atoms with van der Waals surface area (Å²) < 4.78 is 6.00. The molecule has 2 atom stereocenters. The first kappa shape index (κ1) is 12.8. The lowest BCUT2D eigenvalue weighted by atomic mass is 9.94. The SMILES string of the molecule is N[C@H]1C[C@@H](c2ccc(Cl)c(Cl)c2)Oc2ccccc21. The van der Waals surface area contributed by atoms with E-state index in [1.165, 1.54) is 0 Å². The van der Waals surface area contributed by atoms with E-state index in [9.17, 15) is 0 Å². The predicted octanol–water partition coefficient (Wildman–Crippen LogP) is 4.52. The van der Waals surface area contributed by atoms with Gasteiger partial charge in [-0.05, 0) is 23.8 Å². The van der Waals surface area contributed by atoms with Gasteiger partial charge in [-0.1, -0.05) is 47.5 Å². The number of para-hydroxylation sites is 1. The molecule has 0 radical (unpaired) electrons. The highest BCUT2D eigenvalue weighted by Gasteiger charge is 2.26. The Kier molecular flexibility index (Phi) is 3.40. The summed E-state index contributed by atoms with van der Waals surface area (Å²) in [6.45, 7) is 0. The lowest BCUT2D eigenvalue weighted by Gasteiger charge is -2.30. The van der Waals surface area contributed by atoms with Crippen LogP contribution < -0.4 is 10.5 Å². The molecule has 2 aromatic carbocycles. The van der Waals surface area contributed by atoms with Crippen molar-refractivity contribution in [3.63, 3.8) is 0 Å². The summed E-state index contributed by atoms with van der Waals surface area (Å²) in [5.74, 6) is 0.845. The van der Waals surface area contributed by atoms with Crippen LogP contribution in [0.4, 0.5) is 0 Å². The third-order valence-corrected chi connectivity index (χ3v) is 4.11. The molecule has 2 aromatic rings. The fourth-order valence-corrected chi connectivity index (χ4v) is 2.68. The maximum atomic E-state index is 6.20. The molecule has 0 saturated heterocycles. The highest BCUT2D eigenvalue weighted by atomic mass is 35.5. The van der Waals surface area contributed by atoms with Crippen molar-refractivity contribution in [2.75, 3.05) is 0 Å². The summed E-state index contributed by atoms with van der Waals surface area (Å²) in [7, 11) is 0. The minimum Gasteiger partial charge on any atom is -0.485 e. The molecule has 2 N–H and O–H groups in total. The third kappa shape index (κ3) is 2.44. The van der Waals surface area contributed by atoms with Crippen molar-refractivity contribution in [2.24, 2.45) is 5.73 Å². The summed E-state index contributed by atoms with van der Waals surface area (Å²) in [5, 5.41) is 1.08. The number of benzene rings is 2. The van der Waals surface area contributed by atoms with Gasteiger partial charge in [-0.25, -0.2) is 0 Å². The van der Waals surface area contributed by atoms with Crippen LogP contribution in [0.25, 0.3) is 0 Å². The molecule has 0 spiro atoms. The molecule has 3 rings (SSSR count). The molecule has 2 nitrogen and oxygen atoms in total. The molecule has 0 fully saturated rings. The Bertz CT molecular complexity index is 615. The van der Waals surface area contributed by atoms with Gasteiger partial charge in [0.05, 0.1) is 10.0 Å². The van der Waals surface area contributed by atoms with Gasteiger partial charge < -0.3 is 10.5 Å². The Balaban J connectivity index is 1.94. The summed E-state index contributed by atoms with van der Waals surface area (Å²) in [6.07, 6.45) is 0.647. The molecule has 1 heterocycles. The third-order valence-electron chi connectivity index (χ3n) is 3.37. The summed E-state index contributed by atoms with van der Waals surface area (Å²) in [5.41, 5.74) is 8.26. The average molecular weight is 294 g/mol. The Labute approximate surface area is 122 Å². The van der Waals surface area contributed by atoms with Crippen LogP contribution in [0.1, 0.15) is 29.7 Å². The summed E-state index contributed by atoms with van der Waals surface area (Å²) in [4.78, 5) is 0. The van der Waals surface area contributed by atoms with Gasteiger partial charge in [0, 0.05) is 18.0 Å². The quantitative estimate of drug-likeness (QED) is 0.839. The molecule has 0 bridgehead atoms. The van der Waals surface area contributed by atoms with E-state index in [0.29, 0.717) is 10.0 Å². The van der Waals surface area contributed by atoms with E-state index in [4.69, 9.17) is 33.7 Å². The van der Waals surface area contributed by atoms with Crippen molar-refractivity contribution in [3.8, 4) is 5.75 Å². The molecule has 0 aromatic heterocycles. The number of ether oxygens (including phenoxy) is 1. The molecule has 1 aliphatic rings. The molecule has 19 heavy (non-hydrogen) atoms. The van der Waals surface area contributed by atoms with Crippen LogP contribution in [0.5, 0.6) is 5.75 Å². The molecule has 0 aliphatic carbocycles. The minimum absolute atomic E-state index is 0.0237. The van der Waals surface area contributed by atoms with Gasteiger partial charge in [-0.3, -0.25) is 0 Å². The molecule has 98 valence electrons.